The first kappa shape index (κ1) is 24.5. The molecule has 2 fully saturated rings. The summed E-state index contributed by atoms with van der Waals surface area (Å²) >= 11 is 6.11. The van der Waals surface area contributed by atoms with Crippen LogP contribution in [0.1, 0.15) is 31.2 Å². The van der Waals surface area contributed by atoms with Crippen molar-refractivity contribution in [2.24, 2.45) is 0 Å². The highest BCUT2D eigenvalue weighted by atomic mass is 35.5. The molecule has 4 heterocycles. The second kappa shape index (κ2) is 9.06. The molecule has 0 radical (unpaired) electrons. The average Bonchev–Trinajstić information content (AvgIpc) is 3.32. The molecule has 6 atom stereocenters. The Kier molecular flexibility index (Phi) is 6.35. The van der Waals surface area contributed by atoms with Gasteiger partial charge in [-0.1, -0.05) is 17.7 Å². The lowest BCUT2D eigenvalue weighted by atomic mass is 9.96. The number of phosphoric acid groups is 1. The molecule has 188 valence electrons. The average molecular weight is 529 g/mol. The number of halogens is 2. The van der Waals surface area contributed by atoms with Crippen molar-refractivity contribution in [3.05, 3.63) is 53.2 Å². The fraction of sp³-hybridized carbons (Fsp3) is 0.429. The highest BCUT2D eigenvalue weighted by Gasteiger charge is 2.54. The van der Waals surface area contributed by atoms with E-state index < -0.39 is 50.4 Å². The van der Waals surface area contributed by atoms with E-state index >= 15 is 0 Å². The largest absolute Gasteiger partial charge is 0.475 e. The smallest absolute Gasteiger partial charge is 0.387 e. The standard InChI is InChI=1S/C21H23ClFN4O7P/c1-21(29)17(28)16(33-20(21)27-6-4-13-18(24)25-10-26-19(13)27)9-32-35(30)31-7-5-15(34-35)12-3-2-11(23)8-14(12)22/h2-4,6,8,10,15-17,20,28-29H,5,7,9H2,1H3,(H2,24,25,26)/t15-,16-,17-,20-,21-,35?/m1/s1. The van der Waals surface area contributed by atoms with E-state index in [1.165, 1.54) is 30.0 Å². The lowest BCUT2D eigenvalue weighted by Gasteiger charge is -2.30. The maximum Gasteiger partial charge on any atom is 0.475 e. The molecule has 0 saturated carbocycles. The van der Waals surface area contributed by atoms with Crippen molar-refractivity contribution >= 4 is 36.3 Å². The Labute approximate surface area is 204 Å². The number of fused-ring (bicyclic) bond motifs is 1. The van der Waals surface area contributed by atoms with Crippen LogP contribution in [0.15, 0.2) is 36.8 Å². The third-order valence-corrected chi connectivity index (χ3v) is 7.94. The molecule has 14 heteroatoms. The third kappa shape index (κ3) is 4.45. The first-order valence-electron chi connectivity index (χ1n) is 10.7. The normalized spacial score (nSPS) is 33.4. The predicted molar refractivity (Wildman–Crippen MR) is 122 cm³/mol. The zero-order valence-corrected chi connectivity index (χ0v) is 20.1. The molecule has 2 aromatic heterocycles. The molecule has 2 aliphatic rings. The van der Waals surface area contributed by atoms with Gasteiger partial charge < -0.3 is 25.3 Å². The van der Waals surface area contributed by atoms with Crippen LogP contribution in [0.3, 0.4) is 0 Å². The SMILES string of the molecule is C[C@@]1(O)[C@H](O)[C@@H](COP2(=O)OCC[C@H](c3ccc(F)cc3Cl)O2)O[C@H]1n1ccc2c(N)ncnc21. The van der Waals surface area contributed by atoms with Crippen LogP contribution in [0.4, 0.5) is 10.2 Å². The number of hydrogen-bond acceptors (Lipinski definition) is 10. The van der Waals surface area contributed by atoms with E-state index in [-0.39, 0.29) is 17.4 Å². The molecular weight excluding hydrogens is 506 g/mol. The number of rotatable bonds is 5. The lowest BCUT2D eigenvalue weighted by molar-refractivity contribution is -0.0950. The van der Waals surface area contributed by atoms with Crippen molar-refractivity contribution in [3.63, 3.8) is 0 Å². The second-order valence-electron chi connectivity index (χ2n) is 8.54. The molecule has 35 heavy (non-hydrogen) atoms. The third-order valence-electron chi connectivity index (χ3n) is 6.14. The van der Waals surface area contributed by atoms with Gasteiger partial charge in [0.05, 0.1) is 24.7 Å². The van der Waals surface area contributed by atoms with Gasteiger partial charge in [0.2, 0.25) is 0 Å². The molecule has 2 aliphatic heterocycles. The van der Waals surface area contributed by atoms with Crippen LogP contribution < -0.4 is 5.73 Å². The highest BCUT2D eigenvalue weighted by Crippen LogP contribution is 2.58. The Morgan fingerprint density at radius 3 is 2.97 bits per heavy atom. The summed E-state index contributed by atoms with van der Waals surface area (Å²) in [7, 11) is -4.08. The van der Waals surface area contributed by atoms with Gasteiger partial charge in [-0.2, -0.15) is 0 Å². The van der Waals surface area contributed by atoms with Crippen LogP contribution in [0, 0.1) is 5.82 Å². The Morgan fingerprint density at radius 1 is 1.40 bits per heavy atom. The van der Waals surface area contributed by atoms with Gasteiger partial charge in [0.25, 0.3) is 0 Å². The number of nitrogens with two attached hydrogens (primary N) is 1. The Morgan fingerprint density at radius 2 is 2.20 bits per heavy atom. The summed E-state index contributed by atoms with van der Waals surface area (Å²) in [5.41, 5.74) is 4.98. The number of benzene rings is 1. The minimum absolute atomic E-state index is 0.0422. The quantitative estimate of drug-likeness (QED) is 0.421. The number of anilines is 1. The summed E-state index contributed by atoms with van der Waals surface area (Å²) in [6.07, 6.45) is -1.09. The van der Waals surface area contributed by atoms with Crippen LogP contribution >= 0.6 is 19.4 Å². The van der Waals surface area contributed by atoms with Crippen molar-refractivity contribution in [2.45, 2.75) is 43.5 Å². The highest BCUT2D eigenvalue weighted by molar-refractivity contribution is 7.48. The summed E-state index contributed by atoms with van der Waals surface area (Å²) in [5, 5.41) is 22.5. The lowest BCUT2D eigenvalue weighted by Crippen LogP contribution is -2.44. The molecule has 0 spiro atoms. The van der Waals surface area contributed by atoms with Crippen molar-refractivity contribution in [1.29, 1.82) is 0 Å². The van der Waals surface area contributed by atoms with Crippen LogP contribution in [0.2, 0.25) is 5.02 Å². The number of phosphoric ester groups is 1. The first-order valence-corrected chi connectivity index (χ1v) is 12.6. The Balaban J connectivity index is 1.31. The number of nitrogen functional groups attached to an aromatic ring is 1. The topological polar surface area (TPSA) is 151 Å². The zero-order chi connectivity index (χ0) is 25.0. The number of aliphatic hydroxyl groups is 2. The van der Waals surface area contributed by atoms with Gasteiger partial charge in [-0.05, 0) is 25.1 Å². The van der Waals surface area contributed by atoms with Gasteiger partial charge in [-0.15, -0.1) is 0 Å². The maximum absolute atomic E-state index is 13.4. The fourth-order valence-electron chi connectivity index (χ4n) is 4.28. The van der Waals surface area contributed by atoms with Crippen molar-refractivity contribution in [3.8, 4) is 0 Å². The molecular formula is C21H23ClFN4O7P. The number of aromatic nitrogens is 3. The molecule has 0 amide bonds. The Hall–Kier alpha value is -2.15. The molecule has 2 saturated heterocycles. The van der Waals surface area contributed by atoms with E-state index in [4.69, 9.17) is 35.6 Å². The van der Waals surface area contributed by atoms with Crippen LogP contribution in [0.25, 0.3) is 11.0 Å². The monoisotopic (exact) mass is 528 g/mol. The number of hydrogen-bond donors (Lipinski definition) is 3. The first-order chi connectivity index (χ1) is 16.6. The summed E-state index contributed by atoms with van der Waals surface area (Å²) in [6.45, 7) is 1.03. The second-order valence-corrected chi connectivity index (χ2v) is 10.6. The van der Waals surface area contributed by atoms with E-state index in [0.29, 0.717) is 23.0 Å². The van der Waals surface area contributed by atoms with Gasteiger partial charge in [0.1, 0.15) is 41.4 Å². The molecule has 11 nitrogen and oxygen atoms in total. The molecule has 3 aromatic rings. The van der Waals surface area contributed by atoms with E-state index in [9.17, 15) is 19.2 Å². The van der Waals surface area contributed by atoms with Gasteiger partial charge in [-0.25, -0.2) is 18.9 Å². The van der Waals surface area contributed by atoms with E-state index in [0.717, 1.165) is 6.07 Å². The minimum Gasteiger partial charge on any atom is -0.387 e. The van der Waals surface area contributed by atoms with Crippen LogP contribution in [0.5, 0.6) is 0 Å². The molecule has 0 bridgehead atoms. The van der Waals surface area contributed by atoms with E-state index in [1.807, 2.05) is 0 Å². The van der Waals surface area contributed by atoms with E-state index in [1.54, 1.807) is 12.3 Å². The van der Waals surface area contributed by atoms with Crippen molar-refractivity contribution in [1.82, 2.24) is 14.5 Å². The molecule has 1 aromatic carbocycles. The zero-order valence-electron chi connectivity index (χ0n) is 18.5. The molecule has 1 unspecified atom stereocenters. The molecule has 5 rings (SSSR count). The van der Waals surface area contributed by atoms with Gasteiger partial charge in [-0.3, -0.25) is 13.6 Å². The molecule has 4 N–H and O–H groups in total. The minimum atomic E-state index is -4.08. The van der Waals surface area contributed by atoms with Crippen molar-refractivity contribution < 1.29 is 37.5 Å². The van der Waals surface area contributed by atoms with Gasteiger partial charge in [0, 0.05) is 23.2 Å². The molecule has 0 aliphatic carbocycles. The number of aliphatic hydroxyl groups excluding tert-OH is 1. The summed E-state index contributed by atoms with van der Waals surface area (Å²) in [5.74, 6) is -0.254. The Bertz CT molecular complexity index is 1310. The van der Waals surface area contributed by atoms with Gasteiger partial charge >= 0.3 is 7.82 Å². The van der Waals surface area contributed by atoms with Gasteiger partial charge in [0.15, 0.2) is 6.23 Å². The summed E-state index contributed by atoms with van der Waals surface area (Å²) in [4.78, 5) is 8.13. The van der Waals surface area contributed by atoms with Crippen LogP contribution in [-0.2, 0) is 22.9 Å². The summed E-state index contributed by atoms with van der Waals surface area (Å²) in [6, 6.07) is 5.47. The van der Waals surface area contributed by atoms with Crippen LogP contribution in [-0.4, -0.2) is 55.8 Å². The number of ether oxygens (including phenoxy) is 1. The van der Waals surface area contributed by atoms with Crippen molar-refractivity contribution in [2.75, 3.05) is 18.9 Å². The summed E-state index contributed by atoms with van der Waals surface area (Å²) < 4.78 is 50.2. The fourth-order valence-corrected chi connectivity index (χ4v) is 5.95. The predicted octanol–water partition coefficient (Wildman–Crippen LogP) is 3.12. The van der Waals surface area contributed by atoms with E-state index in [2.05, 4.69) is 9.97 Å². The number of nitrogens with zero attached hydrogens (tertiary/aromatic N) is 3. The maximum atomic E-state index is 13.4.